The number of nitrogens with one attached hydrogen (secondary N) is 1. The van der Waals surface area contributed by atoms with Gasteiger partial charge in [-0.05, 0) is 30.7 Å². The van der Waals surface area contributed by atoms with Crippen molar-refractivity contribution in [2.75, 3.05) is 25.5 Å². The van der Waals surface area contributed by atoms with E-state index in [0.717, 1.165) is 19.4 Å². The van der Waals surface area contributed by atoms with Gasteiger partial charge >= 0.3 is 0 Å². The van der Waals surface area contributed by atoms with E-state index in [1.165, 1.54) is 0 Å². The smallest absolute Gasteiger partial charge is 0.251 e. The minimum Gasteiger partial charge on any atom is -0.399 e. The average molecular weight is 273 g/mol. The van der Waals surface area contributed by atoms with Crippen molar-refractivity contribution in [3.63, 3.8) is 0 Å². The van der Waals surface area contributed by atoms with Crippen molar-refractivity contribution < 1.29 is 9.53 Å². The van der Waals surface area contributed by atoms with Crippen molar-refractivity contribution >= 4 is 24.0 Å². The van der Waals surface area contributed by atoms with Gasteiger partial charge in [-0.25, -0.2) is 0 Å². The van der Waals surface area contributed by atoms with Gasteiger partial charge in [0.2, 0.25) is 0 Å². The number of unbranched alkanes of at least 4 members (excludes halogenated alkanes) is 1. The maximum absolute atomic E-state index is 11.6. The van der Waals surface area contributed by atoms with E-state index in [0.29, 0.717) is 24.4 Å². The Morgan fingerprint density at radius 2 is 1.94 bits per heavy atom. The lowest BCUT2D eigenvalue weighted by Gasteiger charge is -2.06. The van der Waals surface area contributed by atoms with Gasteiger partial charge in [0, 0.05) is 24.4 Å². The second-order valence-corrected chi connectivity index (χ2v) is 3.84. The summed E-state index contributed by atoms with van der Waals surface area (Å²) < 4.78 is 5.34. The van der Waals surface area contributed by atoms with E-state index in [9.17, 15) is 4.79 Å². The summed E-state index contributed by atoms with van der Waals surface area (Å²) >= 11 is 0. The van der Waals surface area contributed by atoms with Crippen LogP contribution in [-0.4, -0.2) is 25.7 Å². The normalized spacial score (nSPS) is 9.61. The summed E-state index contributed by atoms with van der Waals surface area (Å²) in [5.74, 6) is -0.0934. The number of benzene rings is 1. The fourth-order valence-corrected chi connectivity index (χ4v) is 1.32. The molecule has 0 atom stereocenters. The first kappa shape index (κ1) is 16.7. The maximum Gasteiger partial charge on any atom is 0.251 e. The number of carbonyl (C=O) groups excluding carboxylic acids is 1. The van der Waals surface area contributed by atoms with Crippen molar-refractivity contribution in [3.05, 3.63) is 29.8 Å². The summed E-state index contributed by atoms with van der Waals surface area (Å²) in [7, 11) is 0. The quantitative estimate of drug-likeness (QED) is 0.591. The van der Waals surface area contributed by atoms with Crippen LogP contribution in [0.25, 0.3) is 0 Å². The van der Waals surface area contributed by atoms with Crippen molar-refractivity contribution in [2.45, 2.75) is 19.8 Å². The van der Waals surface area contributed by atoms with E-state index in [-0.39, 0.29) is 18.3 Å². The lowest BCUT2D eigenvalue weighted by Crippen LogP contribution is -2.27. The highest BCUT2D eigenvalue weighted by molar-refractivity contribution is 5.94. The number of ether oxygens (including phenoxy) is 1. The van der Waals surface area contributed by atoms with E-state index in [4.69, 9.17) is 10.5 Å². The SMILES string of the molecule is CCCCOCCNC(=O)c1ccc(N)cc1.Cl. The number of hydrogen-bond donors (Lipinski definition) is 2. The van der Waals surface area contributed by atoms with E-state index < -0.39 is 0 Å². The second kappa shape index (κ2) is 9.74. The Hall–Kier alpha value is -1.26. The molecule has 0 fully saturated rings. The summed E-state index contributed by atoms with van der Waals surface area (Å²) in [6.45, 7) is 3.97. The Morgan fingerprint density at radius 1 is 1.28 bits per heavy atom. The molecule has 1 aromatic rings. The first-order chi connectivity index (χ1) is 8.24. The van der Waals surface area contributed by atoms with Crippen LogP contribution in [0.5, 0.6) is 0 Å². The molecule has 0 radical (unpaired) electrons. The fourth-order valence-electron chi connectivity index (χ4n) is 1.32. The van der Waals surface area contributed by atoms with Crippen molar-refractivity contribution in [3.8, 4) is 0 Å². The molecule has 0 spiro atoms. The molecule has 0 saturated heterocycles. The van der Waals surface area contributed by atoms with Crippen molar-refractivity contribution in [2.24, 2.45) is 0 Å². The minimum atomic E-state index is -0.0934. The van der Waals surface area contributed by atoms with Gasteiger partial charge in [0.15, 0.2) is 0 Å². The summed E-state index contributed by atoms with van der Waals surface area (Å²) in [6.07, 6.45) is 2.18. The molecule has 0 aliphatic carbocycles. The molecule has 4 nitrogen and oxygen atoms in total. The van der Waals surface area contributed by atoms with Gasteiger partial charge in [0.1, 0.15) is 0 Å². The third kappa shape index (κ3) is 6.47. The number of halogens is 1. The first-order valence-corrected chi connectivity index (χ1v) is 5.95. The number of amides is 1. The Morgan fingerprint density at radius 3 is 2.56 bits per heavy atom. The molecule has 18 heavy (non-hydrogen) atoms. The predicted octanol–water partition coefficient (Wildman–Crippen LogP) is 2.24. The monoisotopic (exact) mass is 272 g/mol. The molecule has 1 aromatic carbocycles. The van der Waals surface area contributed by atoms with Crippen molar-refractivity contribution in [1.29, 1.82) is 0 Å². The molecule has 102 valence electrons. The Labute approximate surface area is 114 Å². The largest absolute Gasteiger partial charge is 0.399 e. The zero-order chi connectivity index (χ0) is 12.5. The number of carbonyl (C=O) groups is 1. The van der Waals surface area contributed by atoms with Crippen LogP contribution in [0, 0.1) is 0 Å². The fraction of sp³-hybridized carbons (Fsp3) is 0.462. The second-order valence-electron chi connectivity index (χ2n) is 3.84. The Balaban J connectivity index is 0.00000289. The third-order valence-corrected chi connectivity index (χ3v) is 2.35. The minimum absolute atomic E-state index is 0. The van der Waals surface area contributed by atoms with Crippen LogP contribution in [0.2, 0.25) is 0 Å². The molecule has 3 N–H and O–H groups in total. The Kier molecular flexibility index (Phi) is 9.06. The molecule has 0 aromatic heterocycles. The van der Waals surface area contributed by atoms with Gasteiger partial charge in [0.05, 0.1) is 6.61 Å². The Bertz CT molecular complexity index is 341. The van der Waals surface area contributed by atoms with Gasteiger partial charge in [0.25, 0.3) is 5.91 Å². The standard InChI is InChI=1S/C13H20N2O2.ClH/c1-2-3-9-17-10-8-15-13(16)11-4-6-12(14)7-5-11;/h4-7H,2-3,8-10,14H2,1H3,(H,15,16);1H. The van der Waals surface area contributed by atoms with Crippen LogP contribution >= 0.6 is 12.4 Å². The van der Waals surface area contributed by atoms with Gasteiger partial charge < -0.3 is 15.8 Å². The van der Waals surface area contributed by atoms with Crippen LogP contribution in [0.15, 0.2) is 24.3 Å². The van der Waals surface area contributed by atoms with Gasteiger partial charge in [-0.3, -0.25) is 4.79 Å². The number of nitrogens with two attached hydrogens (primary N) is 1. The zero-order valence-corrected chi connectivity index (χ0v) is 11.5. The first-order valence-electron chi connectivity index (χ1n) is 5.95. The summed E-state index contributed by atoms with van der Waals surface area (Å²) in [6, 6.07) is 6.85. The molecule has 5 heteroatoms. The molecular weight excluding hydrogens is 252 g/mol. The molecule has 0 saturated carbocycles. The maximum atomic E-state index is 11.6. The summed E-state index contributed by atoms with van der Waals surface area (Å²) in [5, 5.41) is 2.79. The van der Waals surface area contributed by atoms with Gasteiger partial charge in [-0.15, -0.1) is 12.4 Å². The lowest BCUT2D eigenvalue weighted by atomic mass is 10.2. The topological polar surface area (TPSA) is 64.3 Å². The van der Waals surface area contributed by atoms with Crippen molar-refractivity contribution in [1.82, 2.24) is 5.32 Å². The molecule has 0 unspecified atom stereocenters. The number of nitrogen functional groups attached to an aromatic ring is 1. The molecule has 0 aliphatic heterocycles. The van der Waals surface area contributed by atoms with Gasteiger partial charge in [-0.2, -0.15) is 0 Å². The number of anilines is 1. The van der Waals surface area contributed by atoms with E-state index in [1.807, 2.05) is 0 Å². The van der Waals surface area contributed by atoms with Crippen LogP contribution in [0.1, 0.15) is 30.1 Å². The molecule has 1 amide bonds. The highest BCUT2D eigenvalue weighted by atomic mass is 35.5. The highest BCUT2D eigenvalue weighted by Crippen LogP contribution is 2.04. The van der Waals surface area contributed by atoms with Gasteiger partial charge in [-0.1, -0.05) is 13.3 Å². The lowest BCUT2D eigenvalue weighted by molar-refractivity contribution is 0.0913. The molecule has 0 aliphatic rings. The number of rotatable bonds is 7. The zero-order valence-electron chi connectivity index (χ0n) is 10.6. The average Bonchev–Trinajstić information content (AvgIpc) is 2.34. The molecule has 1 rings (SSSR count). The van der Waals surface area contributed by atoms with E-state index >= 15 is 0 Å². The van der Waals surface area contributed by atoms with Crippen LogP contribution < -0.4 is 11.1 Å². The molecule has 0 heterocycles. The van der Waals surface area contributed by atoms with Crippen LogP contribution in [0.3, 0.4) is 0 Å². The predicted molar refractivity (Wildman–Crippen MR) is 76.2 cm³/mol. The van der Waals surface area contributed by atoms with Crippen LogP contribution in [0.4, 0.5) is 5.69 Å². The van der Waals surface area contributed by atoms with Crippen LogP contribution in [-0.2, 0) is 4.74 Å². The third-order valence-electron chi connectivity index (χ3n) is 2.35. The summed E-state index contributed by atoms with van der Waals surface area (Å²) in [4.78, 5) is 11.6. The van der Waals surface area contributed by atoms with E-state index in [1.54, 1.807) is 24.3 Å². The summed E-state index contributed by atoms with van der Waals surface area (Å²) in [5.41, 5.74) is 6.82. The molecule has 0 bridgehead atoms. The molecular formula is C13H21ClN2O2. The highest BCUT2D eigenvalue weighted by Gasteiger charge is 2.03. The van der Waals surface area contributed by atoms with E-state index in [2.05, 4.69) is 12.2 Å². The number of hydrogen-bond acceptors (Lipinski definition) is 3.